The number of hydrogen-bond donors (Lipinski definition) is 3. The van der Waals surface area contributed by atoms with Crippen molar-refractivity contribution in [1.82, 2.24) is 16.2 Å². The summed E-state index contributed by atoms with van der Waals surface area (Å²) in [6, 6.07) is 20.1. The average molecular weight is 375 g/mol. The lowest BCUT2D eigenvalue weighted by molar-refractivity contribution is -0.118. The predicted molar refractivity (Wildman–Crippen MR) is 103 cm³/mol. The first kappa shape index (κ1) is 18.7. The van der Waals surface area contributed by atoms with Gasteiger partial charge < -0.3 is 9.73 Å². The standard InChI is InChI=1S/C21H17N3O4/c25-19(15-8-3-1-4-9-15)22-18(14-17-12-7-13-28-17)21(27)24-23-20(26)16-10-5-2-6-11-16/h1-14H,(H,22,25)(H,23,26)(H,24,27)/b18-14+. The number of hydrogen-bond acceptors (Lipinski definition) is 4. The van der Waals surface area contributed by atoms with Crippen molar-refractivity contribution in [2.75, 3.05) is 0 Å². The Morgan fingerprint density at radius 2 is 1.32 bits per heavy atom. The summed E-state index contributed by atoms with van der Waals surface area (Å²) in [5.41, 5.74) is 5.28. The molecule has 0 unspecified atom stereocenters. The monoisotopic (exact) mass is 375 g/mol. The fraction of sp³-hybridized carbons (Fsp3) is 0. The Bertz CT molecular complexity index is 981. The number of nitrogens with one attached hydrogen (secondary N) is 3. The molecule has 7 heteroatoms. The molecule has 0 aliphatic heterocycles. The molecule has 0 saturated carbocycles. The van der Waals surface area contributed by atoms with Gasteiger partial charge in [0, 0.05) is 17.2 Å². The van der Waals surface area contributed by atoms with E-state index < -0.39 is 17.7 Å². The third kappa shape index (κ3) is 4.95. The molecule has 0 radical (unpaired) electrons. The molecule has 140 valence electrons. The van der Waals surface area contributed by atoms with Crippen LogP contribution in [0.15, 0.2) is 89.2 Å². The summed E-state index contributed by atoms with van der Waals surface area (Å²) < 4.78 is 5.20. The zero-order valence-electron chi connectivity index (χ0n) is 14.7. The zero-order chi connectivity index (χ0) is 19.8. The van der Waals surface area contributed by atoms with Crippen molar-refractivity contribution in [3.63, 3.8) is 0 Å². The number of furan rings is 1. The van der Waals surface area contributed by atoms with E-state index in [1.807, 2.05) is 0 Å². The topological polar surface area (TPSA) is 100 Å². The highest BCUT2D eigenvalue weighted by molar-refractivity contribution is 6.06. The fourth-order valence-corrected chi connectivity index (χ4v) is 2.30. The van der Waals surface area contributed by atoms with Crippen LogP contribution in [0.3, 0.4) is 0 Å². The first-order chi connectivity index (χ1) is 13.6. The number of rotatable bonds is 5. The van der Waals surface area contributed by atoms with E-state index in [9.17, 15) is 14.4 Å². The number of carbonyl (C=O) groups is 3. The van der Waals surface area contributed by atoms with Crippen LogP contribution >= 0.6 is 0 Å². The second-order valence-corrected chi connectivity index (χ2v) is 5.67. The Morgan fingerprint density at radius 3 is 1.89 bits per heavy atom. The number of hydrazine groups is 1. The van der Waals surface area contributed by atoms with E-state index in [-0.39, 0.29) is 5.70 Å². The Balaban J connectivity index is 1.72. The molecule has 28 heavy (non-hydrogen) atoms. The maximum atomic E-state index is 12.5. The van der Waals surface area contributed by atoms with E-state index in [1.54, 1.807) is 72.8 Å². The van der Waals surface area contributed by atoms with Gasteiger partial charge in [-0.1, -0.05) is 36.4 Å². The van der Waals surface area contributed by atoms with Gasteiger partial charge in [-0.15, -0.1) is 0 Å². The van der Waals surface area contributed by atoms with Crippen molar-refractivity contribution in [2.45, 2.75) is 0 Å². The molecule has 1 aromatic heterocycles. The van der Waals surface area contributed by atoms with Gasteiger partial charge in [-0.3, -0.25) is 25.2 Å². The van der Waals surface area contributed by atoms with Crippen molar-refractivity contribution in [2.24, 2.45) is 0 Å². The molecule has 0 fully saturated rings. The van der Waals surface area contributed by atoms with E-state index in [1.165, 1.54) is 12.3 Å². The lowest BCUT2D eigenvalue weighted by Crippen LogP contribution is -2.45. The second-order valence-electron chi connectivity index (χ2n) is 5.67. The van der Waals surface area contributed by atoms with E-state index >= 15 is 0 Å². The summed E-state index contributed by atoms with van der Waals surface area (Å²) in [6.45, 7) is 0. The van der Waals surface area contributed by atoms with Gasteiger partial charge >= 0.3 is 0 Å². The van der Waals surface area contributed by atoms with Gasteiger partial charge in [-0.2, -0.15) is 0 Å². The fourth-order valence-electron chi connectivity index (χ4n) is 2.30. The molecule has 3 amide bonds. The van der Waals surface area contributed by atoms with Gasteiger partial charge in [0.05, 0.1) is 6.26 Å². The van der Waals surface area contributed by atoms with Gasteiger partial charge in [0.25, 0.3) is 17.7 Å². The van der Waals surface area contributed by atoms with E-state index in [0.717, 1.165) is 0 Å². The summed E-state index contributed by atoms with van der Waals surface area (Å²) in [4.78, 5) is 37.0. The summed E-state index contributed by atoms with van der Waals surface area (Å²) in [5, 5.41) is 2.53. The summed E-state index contributed by atoms with van der Waals surface area (Å²) in [7, 11) is 0. The molecular formula is C21H17N3O4. The molecule has 3 N–H and O–H groups in total. The molecule has 1 heterocycles. The highest BCUT2D eigenvalue weighted by atomic mass is 16.3. The van der Waals surface area contributed by atoms with Crippen molar-refractivity contribution in [3.8, 4) is 0 Å². The molecule has 7 nitrogen and oxygen atoms in total. The SMILES string of the molecule is O=C(NNC(=O)c1ccccc1)/C(=C\c1ccco1)NC(=O)c1ccccc1. The summed E-state index contributed by atoms with van der Waals surface area (Å²) in [6.07, 6.45) is 2.81. The number of carbonyl (C=O) groups excluding carboxylic acids is 3. The van der Waals surface area contributed by atoms with Crippen molar-refractivity contribution in [1.29, 1.82) is 0 Å². The third-order valence-corrected chi connectivity index (χ3v) is 3.68. The third-order valence-electron chi connectivity index (χ3n) is 3.68. The average Bonchev–Trinajstić information content (AvgIpc) is 3.25. The van der Waals surface area contributed by atoms with Crippen LogP contribution in [-0.2, 0) is 4.79 Å². The quantitative estimate of drug-likeness (QED) is 0.471. The molecule has 0 saturated heterocycles. The second kappa shape index (κ2) is 9.00. The first-order valence-electron chi connectivity index (χ1n) is 8.41. The van der Waals surface area contributed by atoms with Crippen LogP contribution in [0.4, 0.5) is 0 Å². The minimum Gasteiger partial charge on any atom is -0.465 e. The van der Waals surface area contributed by atoms with Gasteiger partial charge in [0.15, 0.2) is 0 Å². The van der Waals surface area contributed by atoms with Crippen LogP contribution in [-0.4, -0.2) is 17.7 Å². The molecule has 0 atom stereocenters. The maximum Gasteiger partial charge on any atom is 0.286 e. The largest absolute Gasteiger partial charge is 0.465 e. The molecule has 0 bridgehead atoms. The van der Waals surface area contributed by atoms with Crippen LogP contribution in [0, 0.1) is 0 Å². The van der Waals surface area contributed by atoms with Gasteiger partial charge in [0.2, 0.25) is 0 Å². The minimum absolute atomic E-state index is 0.0860. The van der Waals surface area contributed by atoms with Crippen LogP contribution < -0.4 is 16.2 Å². The Hall–Kier alpha value is -4.13. The van der Waals surface area contributed by atoms with Crippen molar-refractivity contribution < 1.29 is 18.8 Å². The number of amides is 3. The van der Waals surface area contributed by atoms with Gasteiger partial charge in [-0.05, 0) is 36.4 Å². The van der Waals surface area contributed by atoms with E-state index in [4.69, 9.17) is 4.42 Å². The summed E-state index contributed by atoms with van der Waals surface area (Å²) >= 11 is 0. The van der Waals surface area contributed by atoms with Crippen molar-refractivity contribution >= 4 is 23.8 Å². The normalized spacial score (nSPS) is 10.8. The minimum atomic E-state index is -0.704. The summed E-state index contributed by atoms with van der Waals surface area (Å²) in [5.74, 6) is -1.29. The molecule has 0 spiro atoms. The maximum absolute atomic E-state index is 12.5. The van der Waals surface area contributed by atoms with Crippen LogP contribution in [0.2, 0.25) is 0 Å². The van der Waals surface area contributed by atoms with Crippen LogP contribution in [0.25, 0.3) is 6.08 Å². The van der Waals surface area contributed by atoms with Crippen molar-refractivity contribution in [3.05, 3.63) is 102 Å². The molecule has 0 aliphatic carbocycles. The first-order valence-corrected chi connectivity index (χ1v) is 8.41. The van der Waals surface area contributed by atoms with Crippen LogP contribution in [0.1, 0.15) is 26.5 Å². The van der Waals surface area contributed by atoms with E-state index in [0.29, 0.717) is 16.9 Å². The Kier molecular flexibility index (Phi) is 5.99. The van der Waals surface area contributed by atoms with Gasteiger partial charge in [-0.25, -0.2) is 0 Å². The molecule has 0 aliphatic rings. The molecule has 3 aromatic rings. The number of benzene rings is 2. The van der Waals surface area contributed by atoms with Gasteiger partial charge in [0.1, 0.15) is 11.5 Å². The smallest absolute Gasteiger partial charge is 0.286 e. The molecule has 3 rings (SSSR count). The molecular weight excluding hydrogens is 358 g/mol. The molecule has 2 aromatic carbocycles. The zero-order valence-corrected chi connectivity index (χ0v) is 14.7. The highest BCUT2D eigenvalue weighted by Crippen LogP contribution is 2.08. The van der Waals surface area contributed by atoms with E-state index in [2.05, 4.69) is 16.2 Å². The Labute approximate surface area is 161 Å². The van der Waals surface area contributed by atoms with Crippen LogP contribution in [0.5, 0.6) is 0 Å². The predicted octanol–water partition coefficient (Wildman–Crippen LogP) is 2.51. The lowest BCUT2D eigenvalue weighted by atomic mass is 10.2. The Morgan fingerprint density at radius 1 is 0.714 bits per heavy atom. The lowest BCUT2D eigenvalue weighted by Gasteiger charge is -2.11. The highest BCUT2D eigenvalue weighted by Gasteiger charge is 2.16.